The summed E-state index contributed by atoms with van der Waals surface area (Å²) < 4.78 is 1.91. The van der Waals surface area contributed by atoms with Gasteiger partial charge in [0.05, 0.1) is 0 Å². The molecule has 0 aromatic carbocycles. The van der Waals surface area contributed by atoms with E-state index in [1.807, 2.05) is 31.7 Å². The molecule has 0 fully saturated rings. The third kappa shape index (κ3) is 2.93. The Bertz CT molecular complexity index is 520. The van der Waals surface area contributed by atoms with Crippen LogP contribution >= 0.6 is 0 Å². The third-order valence-corrected chi connectivity index (χ3v) is 2.55. The highest BCUT2D eigenvalue weighted by Gasteiger charge is 2.02. The fourth-order valence-corrected chi connectivity index (χ4v) is 1.62. The Kier molecular flexibility index (Phi) is 3.71. The summed E-state index contributed by atoms with van der Waals surface area (Å²) in [5.41, 5.74) is 0. The van der Waals surface area contributed by atoms with E-state index in [2.05, 4.69) is 30.8 Å². The number of hydrogen-bond donors (Lipinski definition) is 2. The van der Waals surface area contributed by atoms with Gasteiger partial charge >= 0.3 is 0 Å². The molecule has 0 aliphatic heterocycles. The topological polar surface area (TPSA) is 80.5 Å². The molecule has 2 N–H and O–H groups in total. The van der Waals surface area contributed by atoms with Crippen LogP contribution in [0.1, 0.15) is 11.6 Å². The smallest absolute Gasteiger partial charge is 0.134 e. The van der Waals surface area contributed by atoms with Crippen LogP contribution in [-0.2, 0) is 13.5 Å². The Labute approximate surface area is 106 Å². The molecule has 0 spiro atoms. The van der Waals surface area contributed by atoms with Crippen LogP contribution in [0.5, 0.6) is 0 Å². The molecule has 96 valence electrons. The summed E-state index contributed by atoms with van der Waals surface area (Å²) in [5.74, 6) is 3.31. The Morgan fingerprint density at radius 1 is 1.28 bits per heavy atom. The van der Waals surface area contributed by atoms with Crippen molar-refractivity contribution in [1.29, 1.82) is 0 Å². The SMILES string of the molecule is CNc1cc(NCCc2nncn2C)nc(C)n1. The van der Waals surface area contributed by atoms with Crippen LogP contribution in [0.3, 0.4) is 0 Å². The maximum absolute atomic E-state index is 4.32. The number of rotatable bonds is 5. The molecule has 0 aliphatic rings. The highest BCUT2D eigenvalue weighted by molar-refractivity contribution is 5.47. The minimum absolute atomic E-state index is 0.739. The number of nitrogens with one attached hydrogen (secondary N) is 2. The van der Waals surface area contributed by atoms with Gasteiger partial charge in [-0.15, -0.1) is 10.2 Å². The maximum Gasteiger partial charge on any atom is 0.134 e. The Morgan fingerprint density at radius 3 is 2.72 bits per heavy atom. The lowest BCUT2D eigenvalue weighted by atomic mass is 10.4. The van der Waals surface area contributed by atoms with Crippen molar-refractivity contribution in [2.75, 3.05) is 24.2 Å². The first-order valence-corrected chi connectivity index (χ1v) is 5.79. The van der Waals surface area contributed by atoms with Crippen LogP contribution in [0.15, 0.2) is 12.4 Å². The zero-order valence-electron chi connectivity index (χ0n) is 10.8. The Hall–Kier alpha value is -2.18. The average molecular weight is 247 g/mol. The number of anilines is 2. The van der Waals surface area contributed by atoms with Gasteiger partial charge in [0.15, 0.2) is 0 Å². The van der Waals surface area contributed by atoms with E-state index in [0.717, 1.165) is 36.3 Å². The highest BCUT2D eigenvalue weighted by atomic mass is 15.2. The zero-order chi connectivity index (χ0) is 13.0. The summed E-state index contributed by atoms with van der Waals surface area (Å²) in [6.45, 7) is 2.63. The van der Waals surface area contributed by atoms with Crippen LogP contribution in [0.25, 0.3) is 0 Å². The summed E-state index contributed by atoms with van der Waals surface area (Å²) in [6, 6.07) is 1.88. The number of aryl methyl sites for hydroxylation is 2. The second kappa shape index (κ2) is 5.44. The molecule has 0 bridgehead atoms. The number of aromatic nitrogens is 5. The summed E-state index contributed by atoms with van der Waals surface area (Å²) in [7, 11) is 3.77. The van der Waals surface area contributed by atoms with Crippen molar-refractivity contribution >= 4 is 11.6 Å². The largest absolute Gasteiger partial charge is 0.373 e. The van der Waals surface area contributed by atoms with E-state index >= 15 is 0 Å². The third-order valence-electron chi connectivity index (χ3n) is 2.55. The average Bonchev–Trinajstić information content (AvgIpc) is 2.74. The van der Waals surface area contributed by atoms with Crippen LogP contribution in [-0.4, -0.2) is 38.3 Å². The van der Waals surface area contributed by atoms with Gasteiger partial charge in [0.25, 0.3) is 0 Å². The molecular formula is C11H17N7. The maximum atomic E-state index is 4.32. The van der Waals surface area contributed by atoms with E-state index in [9.17, 15) is 0 Å². The molecule has 7 nitrogen and oxygen atoms in total. The molecule has 2 aromatic heterocycles. The molecule has 0 saturated heterocycles. The summed E-state index contributed by atoms with van der Waals surface area (Å²) in [6.07, 6.45) is 2.50. The molecule has 2 heterocycles. The molecule has 0 unspecified atom stereocenters. The van der Waals surface area contributed by atoms with Gasteiger partial charge in [-0.25, -0.2) is 9.97 Å². The molecule has 18 heavy (non-hydrogen) atoms. The first-order chi connectivity index (χ1) is 8.69. The van der Waals surface area contributed by atoms with E-state index in [4.69, 9.17) is 0 Å². The Balaban J connectivity index is 1.94. The van der Waals surface area contributed by atoms with Crippen molar-refractivity contribution in [3.63, 3.8) is 0 Å². The molecule has 0 radical (unpaired) electrons. The minimum atomic E-state index is 0.739. The molecule has 7 heteroatoms. The molecule has 0 amide bonds. The van der Waals surface area contributed by atoms with Gasteiger partial charge in [0.2, 0.25) is 0 Å². The van der Waals surface area contributed by atoms with Gasteiger partial charge in [-0.3, -0.25) is 0 Å². The highest BCUT2D eigenvalue weighted by Crippen LogP contribution is 2.10. The monoisotopic (exact) mass is 247 g/mol. The Morgan fingerprint density at radius 2 is 2.06 bits per heavy atom. The summed E-state index contributed by atoms with van der Waals surface area (Å²) >= 11 is 0. The van der Waals surface area contributed by atoms with E-state index in [0.29, 0.717) is 0 Å². The lowest BCUT2D eigenvalue weighted by molar-refractivity contribution is 0.787. The molecule has 0 saturated carbocycles. The zero-order valence-corrected chi connectivity index (χ0v) is 10.8. The molecule has 0 aliphatic carbocycles. The van der Waals surface area contributed by atoms with Crippen molar-refractivity contribution in [2.45, 2.75) is 13.3 Å². The van der Waals surface area contributed by atoms with E-state index in [1.54, 1.807) is 6.33 Å². The predicted octanol–water partition coefficient (Wildman–Crippen LogP) is 0.610. The van der Waals surface area contributed by atoms with E-state index < -0.39 is 0 Å². The summed E-state index contributed by atoms with van der Waals surface area (Å²) in [5, 5.41) is 14.1. The normalized spacial score (nSPS) is 10.4. The van der Waals surface area contributed by atoms with Gasteiger partial charge in [0.1, 0.15) is 29.6 Å². The van der Waals surface area contributed by atoms with Crippen molar-refractivity contribution in [1.82, 2.24) is 24.7 Å². The van der Waals surface area contributed by atoms with Crippen molar-refractivity contribution in [3.8, 4) is 0 Å². The second-order valence-corrected chi connectivity index (χ2v) is 3.97. The van der Waals surface area contributed by atoms with Gasteiger partial charge in [-0.2, -0.15) is 0 Å². The predicted molar refractivity (Wildman–Crippen MR) is 69.5 cm³/mol. The fraction of sp³-hybridized carbons (Fsp3) is 0.455. The van der Waals surface area contributed by atoms with Crippen LogP contribution in [0.2, 0.25) is 0 Å². The van der Waals surface area contributed by atoms with Crippen LogP contribution in [0.4, 0.5) is 11.6 Å². The van der Waals surface area contributed by atoms with Crippen LogP contribution in [0, 0.1) is 6.92 Å². The van der Waals surface area contributed by atoms with E-state index in [-0.39, 0.29) is 0 Å². The lowest BCUT2D eigenvalue weighted by Crippen LogP contribution is -2.10. The lowest BCUT2D eigenvalue weighted by Gasteiger charge is -2.08. The van der Waals surface area contributed by atoms with Crippen LogP contribution < -0.4 is 10.6 Å². The van der Waals surface area contributed by atoms with Crippen molar-refractivity contribution in [3.05, 3.63) is 24.0 Å². The second-order valence-electron chi connectivity index (χ2n) is 3.97. The molecule has 2 rings (SSSR count). The summed E-state index contributed by atoms with van der Waals surface area (Å²) in [4.78, 5) is 8.55. The molecule has 0 atom stereocenters. The van der Waals surface area contributed by atoms with Gasteiger partial charge in [0, 0.05) is 33.1 Å². The van der Waals surface area contributed by atoms with Crippen molar-refractivity contribution < 1.29 is 0 Å². The first kappa shape index (κ1) is 12.3. The number of nitrogens with zero attached hydrogens (tertiary/aromatic N) is 5. The van der Waals surface area contributed by atoms with Gasteiger partial charge in [-0.05, 0) is 6.92 Å². The quantitative estimate of drug-likeness (QED) is 0.805. The number of hydrogen-bond acceptors (Lipinski definition) is 6. The van der Waals surface area contributed by atoms with E-state index in [1.165, 1.54) is 0 Å². The fourth-order valence-electron chi connectivity index (χ4n) is 1.62. The first-order valence-electron chi connectivity index (χ1n) is 5.79. The molecule has 2 aromatic rings. The van der Waals surface area contributed by atoms with Crippen molar-refractivity contribution in [2.24, 2.45) is 7.05 Å². The van der Waals surface area contributed by atoms with Gasteiger partial charge in [-0.1, -0.05) is 0 Å². The standard InChI is InChI=1S/C11H17N7/c1-8-15-9(12-2)6-10(16-8)13-5-4-11-17-14-7-18(11)3/h6-7H,4-5H2,1-3H3,(H2,12,13,15,16). The molecular weight excluding hydrogens is 230 g/mol. The minimum Gasteiger partial charge on any atom is -0.373 e. The van der Waals surface area contributed by atoms with Gasteiger partial charge < -0.3 is 15.2 Å².